The molecule has 0 radical (unpaired) electrons. The van der Waals surface area contributed by atoms with E-state index in [0.717, 1.165) is 11.4 Å². The van der Waals surface area contributed by atoms with E-state index in [1.807, 2.05) is 19.9 Å². The fourth-order valence-electron chi connectivity index (χ4n) is 3.00. The van der Waals surface area contributed by atoms with Gasteiger partial charge in [-0.05, 0) is 38.1 Å². The largest absolute Gasteiger partial charge is 0.362 e. The van der Waals surface area contributed by atoms with Crippen molar-refractivity contribution in [2.24, 2.45) is 0 Å². The van der Waals surface area contributed by atoms with E-state index in [0.29, 0.717) is 42.5 Å². The Bertz CT molecular complexity index is 794. The minimum Gasteiger partial charge on any atom is -0.362 e. The summed E-state index contributed by atoms with van der Waals surface area (Å²) < 4.78 is 0. The number of carbonyl (C=O) groups is 2. The number of H-pyrrole nitrogens is 1. The Hall–Kier alpha value is -2.47. The molecule has 25 heavy (non-hydrogen) atoms. The third-order valence-electron chi connectivity index (χ3n) is 4.31. The first-order valence-corrected chi connectivity index (χ1v) is 8.59. The molecule has 1 aliphatic rings. The van der Waals surface area contributed by atoms with Crippen molar-refractivity contribution in [1.29, 1.82) is 0 Å². The van der Waals surface area contributed by atoms with Crippen molar-refractivity contribution in [3.05, 3.63) is 52.3 Å². The van der Waals surface area contributed by atoms with E-state index in [2.05, 4.69) is 10.3 Å². The summed E-state index contributed by atoms with van der Waals surface area (Å²) in [7, 11) is 0. The molecule has 7 heteroatoms. The van der Waals surface area contributed by atoms with Crippen LogP contribution in [0.15, 0.2) is 30.3 Å². The van der Waals surface area contributed by atoms with Gasteiger partial charge in [0.2, 0.25) is 0 Å². The number of urea groups is 1. The first kappa shape index (κ1) is 17.4. The van der Waals surface area contributed by atoms with Gasteiger partial charge in [0.15, 0.2) is 0 Å². The normalized spacial score (nSPS) is 14.5. The highest BCUT2D eigenvalue weighted by Crippen LogP contribution is 2.17. The molecule has 3 rings (SSSR count). The van der Waals surface area contributed by atoms with Gasteiger partial charge in [0, 0.05) is 48.3 Å². The molecule has 2 N–H and O–H groups in total. The summed E-state index contributed by atoms with van der Waals surface area (Å²) >= 11 is 5.93. The maximum atomic E-state index is 12.6. The van der Waals surface area contributed by atoms with Crippen LogP contribution in [0.5, 0.6) is 0 Å². The summed E-state index contributed by atoms with van der Waals surface area (Å²) in [6, 6.07) is 8.73. The van der Waals surface area contributed by atoms with Crippen molar-refractivity contribution in [2.75, 3.05) is 31.5 Å². The number of aromatic nitrogens is 1. The van der Waals surface area contributed by atoms with Crippen LogP contribution < -0.4 is 5.32 Å². The Morgan fingerprint density at radius 2 is 1.76 bits per heavy atom. The summed E-state index contributed by atoms with van der Waals surface area (Å²) in [5, 5.41) is 3.41. The molecule has 1 saturated heterocycles. The van der Waals surface area contributed by atoms with Crippen molar-refractivity contribution in [3.8, 4) is 0 Å². The van der Waals surface area contributed by atoms with Crippen LogP contribution in [0.2, 0.25) is 5.02 Å². The van der Waals surface area contributed by atoms with Gasteiger partial charge >= 0.3 is 6.03 Å². The summed E-state index contributed by atoms with van der Waals surface area (Å²) in [5.41, 5.74) is 3.22. The predicted molar refractivity (Wildman–Crippen MR) is 98.2 cm³/mol. The highest BCUT2D eigenvalue weighted by atomic mass is 35.5. The molecule has 0 spiro atoms. The molecule has 0 aliphatic carbocycles. The number of carbonyl (C=O) groups excluding carboxylic acids is 2. The number of anilines is 1. The molecule has 132 valence electrons. The van der Waals surface area contributed by atoms with Crippen molar-refractivity contribution in [3.63, 3.8) is 0 Å². The monoisotopic (exact) mass is 360 g/mol. The first-order chi connectivity index (χ1) is 11.9. The van der Waals surface area contributed by atoms with E-state index in [9.17, 15) is 9.59 Å². The van der Waals surface area contributed by atoms with Crippen molar-refractivity contribution in [1.82, 2.24) is 14.8 Å². The van der Waals surface area contributed by atoms with Crippen molar-refractivity contribution >= 4 is 29.2 Å². The lowest BCUT2D eigenvalue weighted by Gasteiger charge is -2.34. The Labute approximate surface area is 151 Å². The van der Waals surface area contributed by atoms with Gasteiger partial charge in [0.25, 0.3) is 5.91 Å². The summed E-state index contributed by atoms with van der Waals surface area (Å²) in [4.78, 5) is 31.6. The standard InChI is InChI=1S/C18H21ClN4O2/c1-12-10-16(13(2)20-12)17(24)22-6-8-23(9-7-22)18(25)21-15-5-3-4-14(19)11-15/h3-5,10-11,20H,6-9H2,1-2H3,(H,21,25). The lowest BCUT2D eigenvalue weighted by Crippen LogP contribution is -2.51. The van der Waals surface area contributed by atoms with E-state index in [4.69, 9.17) is 11.6 Å². The number of nitrogens with zero attached hydrogens (tertiary/aromatic N) is 2. The maximum absolute atomic E-state index is 12.6. The number of aromatic amines is 1. The number of aryl methyl sites for hydroxylation is 2. The number of nitrogens with one attached hydrogen (secondary N) is 2. The first-order valence-electron chi connectivity index (χ1n) is 8.21. The number of hydrogen-bond donors (Lipinski definition) is 2. The number of halogens is 1. The summed E-state index contributed by atoms with van der Waals surface area (Å²) in [6.45, 7) is 5.87. The Balaban J connectivity index is 1.57. The van der Waals surface area contributed by atoms with E-state index >= 15 is 0 Å². The van der Waals surface area contributed by atoms with Gasteiger partial charge < -0.3 is 20.1 Å². The number of benzene rings is 1. The lowest BCUT2D eigenvalue weighted by atomic mass is 10.2. The molecule has 0 atom stereocenters. The number of amides is 3. The molecule has 1 fully saturated rings. The molecule has 6 nitrogen and oxygen atoms in total. The molecular weight excluding hydrogens is 340 g/mol. The SMILES string of the molecule is Cc1cc(C(=O)N2CCN(C(=O)Nc3cccc(Cl)c3)CC2)c(C)[nH]1. The lowest BCUT2D eigenvalue weighted by molar-refractivity contribution is 0.0671. The van der Waals surface area contributed by atoms with Crippen LogP contribution in [0.1, 0.15) is 21.7 Å². The highest BCUT2D eigenvalue weighted by molar-refractivity contribution is 6.30. The summed E-state index contributed by atoms with van der Waals surface area (Å²) in [6.07, 6.45) is 0. The van der Waals surface area contributed by atoms with Gasteiger partial charge in [-0.2, -0.15) is 0 Å². The molecule has 0 saturated carbocycles. The molecule has 2 aromatic rings. The van der Waals surface area contributed by atoms with Crippen LogP contribution in [0.25, 0.3) is 0 Å². The number of rotatable bonds is 2. The average Bonchev–Trinajstić information content (AvgIpc) is 2.92. The number of hydrogen-bond acceptors (Lipinski definition) is 2. The van der Waals surface area contributed by atoms with E-state index in [1.165, 1.54) is 0 Å². The van der Waals surface area contributed by atoms with Crippen molar-refractivity contribution in [2.45, 2.75) is 13.8 Å². The van der Waals surface area contributed by atoms with Gasteiger partial charge in [-0.15, -0.1) is 0 Å². The zero-order chi connectivity index (χ0) is 18.0. The molecule has 2 heterocycles. The summed E-state index contributed by atoms with van der Waals surface area (Å²) in [5.74, 6) is 0.0109. The average molecular weight is 361 g/mol. The number of piperazine rings is 1. The highest BCUT2D eigenvalue weighted by Gasteiger charge is 2.26. The Kier molecular flexibility index (Phi) is 4.99. The van der Waals surface area contributed by atoms with Crippen LogP contribution >= 0.6 is 11.6 Å². The van der Waals surface area contributed by atoms with Crippen LogP contribution in [0, 0.1) is 13.8 Å². The van der Waals surface area contributed by atoms with Gasteiger partial charge in [-0.25, -0.2) is 4.79 Å². The molecule has 0 bridgehead atoms. The molecule has 3 amide bonds. The van der Waals surface area contributed by atoms with Gasteiger partial charge in [-0.1, -0.05) is 17.7 Å². The van der Waals surface area contributed by atoms with Gasteiger partial charge in [-0.3, -0.25) is 4.79 Å². The second-order valence-electron chi connectivity index (χ2n) is 6.21. The van der Waals surface area contributed by atoms with Crippen LogP contribution in [0.3, 0.4) is 0 Å². The zero-order valence-corrected chi connectivity index (χ0v) is 15.1. The smallest absolute Gasteiger partial charge is 0.321 e. The third-order valence-corrected chi connectivity index (χ3v) is 4.55. The molecular formula is C18H21ClN4O2. The van der Waals surface area contributed by atoms with Crippen LogP contribution in [-0.4, -0.2) is 52.9 Å². The van der Waals surface area contributed by atoms with Gasteiger partial charge in [0.1, 0.15) is 0 Å². The Morgan fingerprint density at radius 3 is 2.36 bits per heavy atom. The van der Waals surface area contributed by atoms with E-state index < -0.39 is 0 Å². The second-order valence-corrected chi connectivity index (χ2v) is 6.65. The zero-order valence-electron chi connectivity index (χ0n) is 14.3. The van der Waals surface area contributed by atoms with E-state index in [1.54, 1.807) is 34.1 Å². The maximum Gasteiger partial charge on any atom is 0.321 e. The molecule has 1 aromatic carbocycles. The Morgan fingerprint density at radius 1 is 1.08 bits per heavy atom. The molecule has 1 aromatic heterocycles. The predicted octanol–water partition coefficient (Wildman–Crippen LogP) is 3.27. The van der Waals surface area contributed by atoms with E-state index in [-0.39, 0.29) is 11.9 Å². The fraction of sp³-hybridized carbons (Fsp3) is 0.333. The fourth-order valence-corrected chi connectivity index (χ4v) is 3.19. The minimum atomic E-state index is -0.178. The minimum absolute atomic E-state index is 0.0109. The van der Waals surface area contributed by atoms with Gasteiger partial charge in [0.05, 0.1) is 5.56 Å². The topological polar surface area (TPSA) is 68.4 Å². The van der Waals surface area contributed by atoms with Crippen LogP contribution in [-0.2, 0) is 0 Å². The molecule has 1 aliphatic heterocycles. The third kappa shape index (κ3) is 3.96. The molecule has 0 unspecified atom stereocenters. The van der Waals surface area contributed by atoms with Crippen molar-refractivity contribution < 1.29 is 9.59 Å². The second kappa shape index (κ2) is 7.19. The van der Waals surface area contributed by atoms with Crippen LogP contribution in [0.4, 0.5) is 10.5 Å². The quantitative estimate of drug-likeness (QED) is 0.863.